The zero-order valence-electron chi connectivity index (χ0n) is 20.0. The van der Waals surface area contributed by atoms with Gasteiger partial charge in [-0.05, 0) is 44.2 Å². The van der Waals surface area contributed by atoms with Crippen LogP contribution in [0.5, 0.6) is 5.75 Å². The Balaban J connectivity index is 1.60. The number of rotatable bonds is 11. The molecule has 0 radical (unpaired) electrons. The highest BCUT2D eigenvalue weighted by molar-refractivity contribution is 7.99. The number of aromatic nitrogens is 3. The second-order valence-corrected chi connectivity index (χ2v) is 8.70. The fourth-order valence-corrected chi connectivity index (χ4v) is 4.19. The van der Waals surface area contributed by atoms with Crippen LogP contribution in [0, 0.1) is 0 Å². The number of hydrogen-bond acceptors (Lipinski definition) is 8. The molecule has 0 aliphatic heterocycles. The molecule has 2 N–H and O–H groups in total. The third-order valence-electron chi connectivity index (χ3n) is 4.87. The number of halogens is 1. The van der Waals surface area contributed by atoms with Gasteiger partial charge in [-0.1, -0.05) is 29.4 Å². The van der Waals surface area contributed by atoms with Gasteiger partial charge in [-0.25, -0.2) is 4.79 Å². The Labute approximate surface area is 217 Å². The van der Waals surface area contributed by atoms with E-state index in [1.165, 1.54) is 30.0 Å². The van der Waals surface area contributed by atoms with Crippen molar-refractivity contribution in [2.45, 2.75) is 32.0 Å². The average molecular weight is 532 g/mol. The summed E-state index contributed by atoms with van der Waals surface area (Å²) in [4.78, 5) is 37.0. The van der Waals surface area contributed by atoms with Crippen LogP contribution in [0.2, 0.25) is 5.02 Å². The Bertz CT molecular complexity index is 1250. The summed E-state index contributed by atoms with van der Waals surface area (Å²) < 4.78 is 11.9. The van der Waals surface area contributed by atoms with Crippen LogP contribution in [-0.2, 0) is 27.3 Å². The van der Waals surface area contributed by atoms with E-state index in [-0.39, 0.29) is 36.2 Å². The molecule has 0 spiro atoms. The van der Waals surface area contributed by atoms with E-state index in [9.17, 15) is 14.4 Å². The lowest BCUT2D eigenvalue weighted by Gasteiger charge is -2.10. The minimum atomic E-state index is -0.502. The third kappa shape index (κ3) is 7.22. The number of carbonyl (C=O) groups is 3. The predicted octanol–water partition coefficient (Wildman–Crippen LogP) is 4.05. The summed E-state index contributed by atoms with van der Waals surface area (Å²) in [5.41, 5.74) is 1.20. The molecule has 2 amide bonds. The minimum absolute atomic E-state index is 0.0149. The second-order valence-electron chi connectivity index (χ2n) is 7.35. The van der Waals surface area contributed by atoms with Crippen LogP contribution in [0.3, 0.4) is 0 Å². The Morgan fingerprint density at radius 3 is 2.58 bits per heavy atom. The van der Waals surface area contributed by atoms with Crippen molar-refractivity contribution in [3.05, 3.63) is 58.9 Å². The Kier molecular flexibility index (Phi) is 9.71. The molecular weight excluding hydrogens is 506 g/mol. The Morgan fingerprint density at radius 2 is 1.86 bits per heavy atom. The molecule has 10 nitrogen and oxygen atoms in total. The Morgan fingerprint density at radius 1 is 1.06 bits per heavy atom. The number of anilines is 2. The summed E-state index contributed by atoms with van der Waals surface area (Å²) in [7, 11) is 1.55. The van der Waals surface area contributed by atoms with Gasteiger partial charge in [-0.2, -0.15) is 0 Å². The number of methoxy groups -OCH3 is 1. The summed E-state index contributed by atoms with van der Waals surface area (Å²) in [6.07, 6.45) is 0.0149. The maximum atomic E-state index is 12.5. The number of carbonyl (C=O) groups excluding carboxylic acids is 3. The van der Waals surface area contributed by atoms with Crippen LogP contribution >= 0.6 is 23.4 Å². The van der Waals surface area contributed by atoms with E-state index in [0.29, 0.717) is 39.7 Å². The number of esters is 1. The molecule has 0 saturated carbocycles. The predicted molar refractivity (Wildman–Crippen MR) is 138 cm³/mol. The number of nitrogens with zero attached hydrogens (tertiary/aromatic N) is 3. The molecule has 12 heteroatoms. The first-order valence-electron chi connectivity index (χ1n) is 11.1. The Hall–Kier alpha value is -3.57. The maximum Gasteiger partial charge on any atom is 0.338 e. The molecule has 0 bridgehead atoms. The van der Waals surface area contributed by atoms with Gasteiger partial charge in [0.15, 0.2) is 5.16 Å². The monoisotopic (exact) mass is 531 g/mol. The molecular formula is C24H26ClN5O5S. The number of thioether (sulfide) groups is 1. The number of nitrogens with one attached hydrogen (secondary N) is 2. The van der Waals surface area contributed by atoms with Crippen LogP contribution in [0.1, 0.15) is 30.0 Å². The molecule has 1 aromatic heterocycles. The molecule has 190 valence electrons. The molecule has 0 atom stereocenters. The lowest BCUT2D eigenvalue weighted by atomic mass is 10.2. The molecule has 36 heavy (non-hydrogen) atoms. The normalized spacial score (nSPS) is 10.6. The first-order chi connectivity index (χ1) is 17.3. The van der Waals surface area contributed by atoms with Crippen molar-refractivity contribution >= 4 is 52.5 Å². The van der Waals surface area contributed by atoms with Gasteiger partial charge in [0.25, 0.3) is 0 Å². The van der Waals surface area contributed by atoms with Crippen molar-refractivity contribution in [3.8, 4) is 5.75 Å². The standard InChI is InChI=1S/C24H26ClN5O5S/c1-4-30-20(13-21(31)26-16-7-6-8-17(12-16)34-3)28-29-24(30)36-14-22(32)27-19-11-15(9-10-18(19)25)23(33)35-5-2/h6-12H,4-5,13-14H2,1-3H3,(H,26,31)(H,27,32). The summed E-state index contributed by atoms with van der Waals surface area (Å²) in [6, 6.07) is 11.6. The molecule has 1 heterocycles. The SMILES string of the molecule is CCOC(=O)c1ccc(Cl)c(NC(=O)CSc2nnc(CC(=O)Nc3cccc(OC)c3)n2CC)c1. The molecule has 0 saturated heterocycles. The van der Waals surface area contributed by atoms with Crippen molar-refractivity contribution in [3.63, 3.8) is 0 Å². The molecule has 3 aromatic rings. The zero-order chi connectivity index (χ0) is 26.1. The average Bonchev–Trinajstić information content (AvgIpc) is 3.25. The number of benzene rings is 2. The molecule has 3 rings (SSSR count). The lowest BCUT2D eigenvalue weighted by Crippen LogP contribution is -2.18. The van der Waals surface area contributed by atoms with Gasteiger partial charge < -0.3 is 24.7 Å². The largest absolute Gasteiger partial charge is 0.497 e. The van der Waals surface area contributed by atoms with Gasteiger partial charge in [-0.3, -0.25) is 9.59 Å². The summed E-state index contributed by atoms with van der Waals surface area (Å²) >= 11 is 7.34. The second kappa shape index (κ2) is 12.9. The number of ether oxygens (including phenoxy) is 2. The van der Waals surface area contributed by atoms with Crippen molar-refractivity contribution in [2.24, 2.45) is 0 Å². The van der Waals surface area contributed by atoms with E-state index in [1.807, 2.05) is 6.92 Å². The summed E-state index contributed by atoms with van der Waals surface area (Å²) in [6.45, 7) is 4.37. The van der Waals surface area contributed by atoms with Crippen molar-refractivity contribution in [2.75, 3.05) is 30.1 Å². The van der Waals surface area contributed by atoms with E-state index in [2.05, 4.69) is 20.8 Å². The van der Waals surface area contributed by atoms with Crippen molar-refractivity contribution < 1.29 is 23.9 Å². The van der Waals surface area contributed by atoms with Crippen molar-refractivity contribution in [1.29, 1.82) is 0 Å². The van der Waals surface area contributed by atoms with Crippen LogP contribution in [0.4, 0.5) is 11.4 Å². The zero-order valence-corrected chi connectivity index (χ0v) is 21.6. The van der Waals surface area contributed by atoms with Gasteiger partial charge >= 0.3 is 5.97 Å². The van der Waals surface area contributed by atoms with E-state index in [4.69, 9.17) is 21.1 Å². The highest BCUT2D eigenvalue weighted by Crippen LogP contribution is 2.25. The summed E-state index contributed by atoms with van der Waals surface area (Å²) in [5, 5.41) is 14.6. The highest BCUT2D eigenvalue weighted by atomic mass is 35.5. The van der Waals surface area contributed by atoms with E-state index in [0.717, 1.165) is 0 Å². The quantitative estimate of drug-likeness (QED) is 0.280. The van der Waals surface area contributed by atoms with Crippen molar-refractivity contribution in [1.82, 2.24) is 14.8 Å². The molecule has 2 aromatic carbocycles. The van der Waals surface area contributed by atoms with Crippen LogP contribution in [0.25, 0.3) is 0 Å². The first kappa shape index (κ1) is 27.0. The van der Waals surface area contributed by atoms with E-state index < -0.39 is 5.97 Å². The number of hydrogen-bond donors (Lipinski definition) is 2. The highest BCUT2D eigenvalue weighted by Gasteiger charge is 2.17. The van der Waals surface area contributed by atoms with Gasteiger partial charge in [-0.15, -0.1) is 10.2 Å². The molecule has 0 aliphatic carbocycles. The van der Waals surface area contributed by atoms with Gasteiger partial charge in [0.05, 0.1) is 42.2 Å². The van der Waals surface area contributed by atoms with Gasteiger partial charge in [0.1, 0.15) is 11.6 Å². The first-order valence-corrected chi connectivity index (χ1v) is 12.5. The fourth-order valence-electron chi connectivity index (χ4n) is 3.20. The maximum absolute atomic E-state index is 12.5. The third-order valence-corrected chi connectivity index (χ3v) is 6.16. The molecule has 0 fully saturated rings. The molecule has 0 aliphatic rings. The number of amides is 2. The smallest absolute Gasteiger partial charge is 0.338 e. The fraction of sp³-hybridized carbons (Fsp3) is 0.292. The summed E-state index contributed by atoms with van der Waals surface area (Å²) in [5.74, 6) is 0.0368. The van der Waals surface area contributed by atoms with E-state index >= 15 is 0 Å². The van der Waals surface area contributed by atoms with Crippen LogP contribution in [-0.4, -0.2) is 52.0 Å². The minimum Gasteiger partial charge on any atom is -0.497 e. The van der Waals surface area contributed by atoms with E-state index in [1.54, 1.807) is 42.9 Å². The van der Waals surface area contributed by atoms with Crippen LogP contribution in [0.15, 0.2) is 47.6 Å². The lowest BCUT2D eigenvalue weighted by molar-refractivity contribution is -0.116. The van der Waals surface area contributed by atoms with Gasteiger partial charge in [0.2, 0.25) is 11.8 Å². The topological polar surface area (TPSA) is 124 Å². The van der Waals surface area contributed by atoms with Crippen LogP contribution < -0.4 is 15.4 Å². The molecule has 0 unspecified atom stereocenters. The van der Waals surface area contributed by atoms with Gasteiger partial charge in [0, 0.05) is 18.3 Å².